The zero-order valence-corrected chi connectivity index (χ0v) is 19.0. The van der Waals surface area contributed by atoms with Crippen LogP contribution in [0.1, 0.15) is 22.9 Å². The third-order valence-electron chi connectivity index (χ3n) is 5.29. The first-order valence-electron chi connectivity index (χ1n) is 9.73. The average Bonchev–Trinajstić information content (AvgIpc) is 3.41. The number of carbonyl (C=O) groups is 2. The van der Waals surface area contributed by atoms with E-state index in [-0.39, 0.29) is 17.9 Å². The molecular formula is C24H20BrNO6. The summed E-state index contributed by atoms with van der Waals surface area (Å²) in [4.78, 5) is 27.5. The zero-order chi connectivity index (χ0) is 22.8. The number of benzene rings is 2. The van der Waals surface area contributed by atoms with Crippen LogP contribution in [0.5, 0.6) is 11.5 Å². The van der Waals surface area contributed by atoms with Gasteiger partial charge in [0.15, 0.2) is 11.5 Å². The number of aliphatic hydroxyl groups is 1. The van der Waals surface area contributed by atoms with Crippen LogP contribution >= 0.6 is 15.9 Å². The van der Waals surface area contributed by atoms with Gasteiger partial charge in [0.05, 0.1) is 38.6 Å². The Labute approximate surface area is 193 Å². The number of halogens is 1. The van der Waals surface area contributed by atoms with Crippen molar-refractivity contribution in [3.05, 3.63) is 87.8 Å². The molecule has 1 amide bonds. The van der Waals surface area contributed by atoms with Crippen molar-refractivity contribution < 1.29 is 28.6 Å². The van der Waals surface area contributed by atoms with E-state index in [0.29, 0.717) is 28.4 Å². The maximum absolute atomic E-state index is 13.1. The number of hydrogen-bond donors (Lipinski definition) is 1. The zero-order valence-electron chi connectivity index (χ0n) is 17.4. The molecule has 1 N–H and O–H groups in total. The number of ketones is 1. The van der Waals surface area contributed by atoms with Crippen molar-refractivity contribution in [1.29, 1.82) is 0 Å². The van der Waals surface area contributed by atoms with Gasteiger partial charge in [0.1, 0.15) is 11.5 Å². The highest BCUT2D eigenvalue weighted by Crippen LogP contribution is 2.41. The lowest BCUT2D eigenvalue weighted by molar-refractivity contribution is -0.140. The van der Waals surface area contributed by atoms with Crippen molar-refractivity contribution in [2.45, 2.75) is 12.6 Å². The van der Waals surface area contributed by atoms with Crippen LogP contribution in [-0.2, 0) is 16.1 Å². The molecule has 1 atom stereocenters. The maximum Gasteiger partial charge on any atom is 0.296 e. The molecular weight excluding hydrogens is 478 g/mol. The molecule has 1 aliphatic heterocycles. The van der Waals surface area contributed by atoms with Crippen LogP contribution in [0, 0.1) is 0 Å². The predicted octanol–water partition coefficient (Wildman–Crippen LogP) is 4.68. The second kappa shape index (κ2) is 8.92. The first-order valence-corrected chi connectivity index (χ1v) is 10.5. The number of ether oxygens (including phenoxy) is 2. The van der Waals surface area contributed by atoms with E-state index in [0.717, 1.165) is 4.47 Å². The van der Waals surface area contributed by atoms with E-state index in [1.54, 1.807) is 42.5 Å². The SMILES string of the molecule is COc1ccc(C(O)=C2C(=O)C(=O)N(Cc3ccco3)[C@@H]2c2ccc(Br)cc2)cc1OC. The Morgan fingerprint density at radius 2 is 1.78 bits per heavy atom. The molecule has 1 saturated heterocycles. The summed E-state index contributed by atoms with van der Waals surface area (Å²) in [5, 5.41) is 11.2. The molecule has 1 aromatic heterocycles. The topological polar surface area (TPSA) is 89.2 Å². The van der Waals surface area contributed by atoms with Gasteiger partial charge in [0.25, 0.3) is 11.7 Å². The first kappa shape index (κ1) is 21.7. The Morgan fingerprint density at radius 1 is 1.06 bits per heavy atom. The van der Waals surface area contributed by atoms with E-state index in [2.05, 4.69) is 15.9 Å². The highest BCUT2D eigenvalue weighted by atomic mass is 79.9. The Balaban J connectivity index is 1.87. The second-order valence-corrected chi connectivity index (χ2v) is 8.04. The van der Waals surface area contributed by atoms with Gasteiger partial charge in [0, 0.05) is 10.0 Å². The second-order valence-electron chi connectivity index (χ2n) is 7.13. The summed E-state index contributed by atoms with van der Waals surface area (Å²) in [6, 6.07) is 14.7. The molecule has 4 rings (SSSR count). The summed E-state index contributed by atoms with van der Waals surface area (Å²) in [6.45, 7) is 0.0843. The molecule has 0 radical (unpaired) electrons. The summed E-state index contributed by atoms with van der Waals surface area (Å²) in [7, 11) is 2.98. The molecule has 2 heterocycles. The minimum Gasteiger partial charge on any atom is -0.507 e. The molecule has 3 aromatic rings. The summed E-state index contributed by atoms with van der Waals surface area (Å²) < 4.78 is 16.8. The number of likely N-dealkylation sites (tertiary alicyclic amines) is 1. The molecule has 7 nitrogen and oxygen atoms in total. The van der Waals surface area contributed by atoms with Gasteiger partial charge in [-0.05, 0) is 48.0 Å². The minimum atomic E-state index is -0.790. The Hall–Kier alpha value is -3.52. The third kappa shape index (κ3) is 3.89. The molecule has 0 saturated carbocycles. The van der Waals surface area contributed by atoms with E-state index in [9.17, 15) is 14.7 Å². The Morgan fingerprint density at radius 3 is 2.41 bits per heavy atom. The molecule has 164 valence electrons. The molecule has 1 aliphatic rings. The van der Waals surface area contributed by atoms with Crippen molar-refractivity contribution >= 4 is 33.4 Å². The van der Waals surface area contributed by atoms with Crippen LogP contribution in [0.25, 0.3) is 5.76 Å². The maximum atomic E-state index is 13.1. The van der Waals surface area contributed by atoms with Crippen LogP contribution in [0.4, 0.5) is 0 Å². The highest BCUT2D eigenvalue weighted by Gasteiger charge is 2.46. The summed E-state index contributed by atoms with van der Waals surface area (Å²) >= 11 is 3.40. The minimum absolute atomic E-state index is 0.00361. The largest absolute Gasteiger partial charge is 0.507 e. The lowest BCUT2D eigenvalue weighted by Gasteiger charge is -2.24. The van der Waals surface area contributed by atoms with Crippen LogP contribution in [0.15, 0.2) is 75.3 Å². The molecule has 32 heavy (non-hydrogen) atoms. The van der Waals surface area contributed by atoms with Gasteiger partial charge in [-0.25, -0.2) is 0 Å². The predicted molar refractivity (Wildman–Crippen MR) is 120 cm³/mol. The normalized spacial score (nSPS) is 17.6. The van der Waals surface area contributed by atoms with Gasteiger partial charge >= 0.3 is 0 Å². The van der Waals surface area contributed by atoms with Crippen molar-refractivity contribution in [2.75, 3.05) is 14.2 Å². The van der Waals surface area contributed by atoms with Crippen LogP contribution < -0.4 is 9.47 Å². The number of aliphatic hydroxyl groups excluding tert-OH is 1. The highest BCUT2D eigenvalue weighted by molar-refractivity contribution is 9.10. The molecule has 1 fully saturated rings. The van der Waals surface area contributed by atoms with Gasteiger partial charge in [-0.3, -0.25) is 9.59 Å². The number of rotatable bonds is 6. The van der Waals surface area contributed by atoms with Gasteiger partial charge in [-0.1, -0.05) is 28.1 Å². The lowest BCUT2D eigenvalue weighted by atomic mass is 9.95. The van der Waals surface area contributed by atoms with Crippen molar-refractivity contribution in [3.8, 4) is 11.5 Å². The van der Waals surface area contributed by atoms with Gasteiger partial charge < -0.3 is 23.9 Å². The number of Topliss-reactive ketones (excluding diaryl/α,β-unsaturated/α-hetero) is 1. The summed E-state index contributed by atoms with van der Waals surface area (Å²) in [5.41, 5.74) is 1.01. The number of amides is 1. The van der Waals surface area contributed by atoms with Crippen LogP contribution in [-0.4, -0.2) is 35.9 Å². The van der Waals surface area contributed by atoms with Crippen LogP contribution in [0.2, 0.25) is 0 Å². The summed E-state index contributed by atoms with van der Waals surface area (Å²) in [5.74, 6) is -0.374. The Bertz CT molecular complexity index is 1180. The van der Waals surface area contributed by atoms with Gasteiger partial charge in [0.2, 0.25) is 0 Å². The van der Waals surface area contributed by atoms with E-state index >= 15 is 0 Å². The molecule has 0 spiro atoms. The molecule has 0 unspecified atom stereocenters. The van der Waals surface area contributed by atoms with Crippen molar-refractivity contribution in [1.82, 2.24) is 4.90 Å². The fourth-order valence-corrected chi connectivity index (χ4v) is 4.01. The van der Waals surface area contributed by atoms with Crippen LogP contribution in [0.3, 0.4) is 0 Å². The molecule has 0 aliphatic carbocycles. The molecule has 8 heteroatoms. The fraction of sp³-hybridized carbons (Fsp3) is 0.167. The first-order chi connectivity index (χ1) is 15.4. The number of hydrogen-bond acceptors (Lipinski definition) is 6. The monoisotopic (exact) mass is 497 g/mol. The average molecular weight is 498 g/mol. The molecule has 0 bridgehead atoms. The number of furan rings is 1. The van der Waals surface area contributed by atoms with Crippen molar-refractivity contribution in [2.24, 2.45) is 0 Å². The number of methoxy groups -OCH3 is 2. The quantitative estimate of drug-likeness (QED) is 0.302. The third-order valence-corrected chi connectivity index (χ3v) is 5.82. The number of nitrogens with zero attached hydrogens (tertiary/aromatic N) is 1. The standard InChI is InChI=1S/C24H20BrNO6/c1-30-18-10-7-15(12-19(18)31-2)22(27)20-21(14-5-8-16(25)9-6-14)26(24(29)23(20)28)13-17-4-3-11-32-17/h3-12,21,27H,13H2,1-2H3/t21-/m1/s1. The van der Waals surface area contributed by atoms with E-state index < -0.39 is 17.7 Å². The lowest BCUT2D eigenvalue weighted by Crippen LogP contribution is -2.29. The fourth-order valence-electron chi connectivity index (χ4n) is 3.74. The Kier molecular flexibility index (Phi) is 6.05. The smallest absolute Gasteiger partial charge is 0.296 e. The van der Waals surface area contributed by atoms with E-state index in [1.165, 1.54) is 25.4 Å². The van der Waals surface area contributed by atoms with Gasteiger partial charge in [-0.15, -0.1) is 0 Å². The number of carbonyl (C=O) groups excluding carboxylic acids is 2. The van der Waals surface area contributed by atoms with E-state index in [1.807, 2.05) is 12.1 Å². The molecule has 2 aromatic carbocycles. The van der Waals surface area contributed by atoms with Crippen molar-refractivity contribution in [3.63, 3.8) is 0 Å². The van der Waals surface area contributed by atoms with Gasteiger partial charge in [-0.2, -0.15) is 0 Å². The van der Waals surface area contributed by atoms with E-state index in [4.69, 9.17) is 13.9 Å². The summed E-state index contributed by atoms with van der Waals surface area (Å²) in [6.07, 6.45) is 1.50.